The Balaban J connectivity index is 2.17. The molecule has 2 aliphatic rings. The third-order valence-electron chi connectivity index (χ3n) is 4.04. The molecule has 1 spiro atoms. The van der Waals surface area contributed by atoms with Crippen LogP contribution in [0.25, 0.3) is 0 Å². The van der Waals surface area contributed by atoms with Gasteiger partial charge in [0.1, 0.15) is 0 Å². The van der Waals surface area contributed by atoms with Crippen molar-refractivity contribution in [2.45, 2.75) is 51.0 Å². The molecular formula is C11H18O3. The zero-order valence-electron chi connectivity index (χ0n) is 8.41. The lowest BCUT2D eigenvalue weighted by Crippen LogP contribution is -2.33. The molecule has 0 aliphatic heterocycles. The van der Waals surface area contributed by atoms with E-state index in [0.29, 0.717) is 12.8 Å². The van der Waals surface area contributed by atoms with Crippen LogP contribution >= 0.6 is 0 Å². The Labute approximate surface area is 84.1 Å². The average molecular weight is 198 g/mol. The summed E-state index contributed by atoms with van der Waals surface area (Å²) in [6, 6.07) is 0. The first-order valence-electron chi connectivity index (χ1n) is 5.55. The molecule has 0 aromatic carbocycles. The predicted octanol–water partition coefficient (Wildman–Crippen LogP) is 1.79. The predicted molar refractivity (Wildman–Crippen MR) is 51.9 cm³/mol. The smallest absolute Gasteiger partial charge is 0.307 e. The van der Waals surface area contributed by atoms with E-state index in [1.54, 1.807) is 0 Å². The van der Waals surface area contributed by atoms with Crippen molar-refractivity contribution in [2.75, 3.05) is 0 Å². The molecule has 2 atom stereocenters. The first kappa shape index (κ1) is 9.97. The van der Waals surface area contributed by atoms with Crippen LogP contribution in [0.1, 0.15) is 44.9 Å². The molecule has 2 rings (SSSR count). The molecule has 0 aromatic heterocycles. The SMILES string of the molecule is O=C(O)C1CC(O)CC12CCCCC2. The summed E-state index contributed by atoms with van der Waals surface area (Å²) in [6.45, 7) is 0. The molecule has 2 unspecified atom stereocenters. The molecule has 14 heavy (non-hydrogen) atoms. The molecular weight excluding hydrogens is 180 g/mol. The Hall–Kier alpha value is -0.570. The van der Waals surface area contributed by atoms with E-state index in [2.05, 4.69) is 0 Å². The standard InChI is InChI=1S/C11H18O3/c12-8-6-9(10(13)14)11(7-8)4-2-1-3-5-11/h8-9,12H,1-7H2,(H,13,14). The molecule has 0 radical (unpaired) electrons. The third-order valence-corrected chi connectivity index (χ3v) is 4.04. The molecule has 0 saturated heterocycles. The highest BCUT2D eigenvalue weighted by molar-refractivity contribution is 5.71. The van der Waals surface area contributed by atoms with Gasteiger partial charge in [0, 0.05) is 0 Å². The van der Waals surface area contributed by atoms with Crippen LogP contribution in [0, 0.1) is 11.3 Å². The minimum Gasteiger partial charge on any atom is -0.481 e. The Morgan fingerprint density at radius 1 is 1.21 bits per heavy atom. The van der Waals surface area contributed by atoms with Crippen molar-refractivity contribution >= 4 is 5.97 Å². The van der Waals surface area contributed by atoms with Crippen LogP contribution in [-0.2, 0) is 4.79 Å². The molecule has 3 heteroatoms. The Morgan fingerprint density at radius 3 is 2.43 bits per heavy atom. The highest BCUT2D eigenvalue weighted by atomic mass is 16.4. The monoisotopic (exact) mass is 198 g/mol. The summed E-state index contributed by atoms with van der Waals surface area (Å²) >= 11 is 0. The molecule has 3 nitrogen and oxygen atoms in total. The van der Waals surface area contributed by atoms with Gasteiger partial charge in [-0.1, -0.05) is 19.3 Å². The van der Waals surface area contributed by atoms with Crippen molar-refractivity contribution in [1.29, 1.82) is 0 Å². The number of carbonyl (C=O) groups is 1. The second-order valence-corrected chi connectivity index (χ2v) is 4.91. The summed E-state index contributed by atoms with van der Waals surface area (Å²) in [5, 5.41) is 18.7. The van der Waals surface area contributed by atoms with Crippen molar-refractivity contribution in [1.82, 2.24) is 0 Å². The maximum Gasteiger partial charge on any atom is 0.307 e. The summed E-state index contributed by atoms with van der Waals surface area (Å²) in [6.07, 6.45) is 6.30. The van der Waals surface area contributed by atoms with Crippen molar-refractivity contribution in [3.05, 3.63) is 0 Å². The van der Waals surface area contributed by atoms with Gasteiger partial charge in [-0.05, 0) is 31.1 Å². The van der Waals surface area contributed by atoms with Gasteiger partial charge in [0.05, 0.1) is 12.0 Å². The van der Waals surface area contributed by atoms with Crippen LogP contribution < -0.4 is 0 Å². The van der Waals surface area contributed by atoms with Gasteiger partial charge in [-0.2, -0.15) is 0 Å². The number of aliphatic carboxylic acids is 1. The van der Waals surface area contributed by atoms with Gasteiger partial charge in [-0.3, -0.25) is 4.79 Å². The minimum atomic E-state index is -0.705. The number of hydrogen-bond acceptors (Lipinski definition) is 2. The number of aliphatic hydroxyl groups is 1. The summed E-state index contributed by atoms with van der Waals surface area (Å²) in [7, 11) is 0. The molecule has 80 valence electrons. The number of hydrogen-bond donors (Lipinski definition) is 2. The van der Waals surface area contributed by atoms with Crippen LogP contribution in [0.5, 0.6) is 0 Å². The Kier molecular flexibility index (Phi) is 2.52. The van der Waals surface area contributed by atoms with Gasteiger partial charge in [0.2, 0.25) is 0 Å². The van der Waals surface area contributed by atoms with E-state index in [0.717, 1.165) is 25.7 Å². The van der Waals surface area contributed by atoms with Crippen LogP contribution in [0.15, 0.2) is 0 Å². The number of aliphatic hydroxyl groups excluding tert-OH is 1. The maximum absolute atomic E-state index is 11.1. The van der Waals surface area contributed by atoms with Crippen LogP contribution in [0.4, 0.5) is 0 Å². The van der Waals surface area contributed by atoms with Gasteiger partial charge in [-0.15, -0.1) is 0 Å². The molecule has 0 bridgehead atoms. The number of rotatable bonds is 1. The zero-order chi connectivity index (χ0) is 10.2. The van der Waals surface area contributed by atoms with Crippen LogP contribution in [0.2, 0.25) is 0 Å². The zero-order valence-corrected chi connectivity index (χ0v) is 8.41. The highest BCUT2D eigenvalue weighted by Crippen LogP contribution is 2.52. The van der Waals surface area contributed by atoms with Crippen molar-refractivity contribution in [2.24, 2.45) is 11.3 Å². The lowest BCUT2D eigenvalue weighted by molar-refractivity contribution is -0.146. The first-order chi connectivity index (χ1) is 6.64. The largest absolute Gasteiger partial charge is 0.481 e. The summed E-state index contributed by atoms with van der Waals surface area (Å²) in [5.41, 5.74) is -0.0660. The third kappa shape index (κ3) is 1.54. The maximum atomic E-state index is 11.1. The number of carboxylic acids is 1. The Morgan fingerprint density at radius 2 is 1.86 bits per heavy atom. The summed E-state index contributed by atoms with van der Waals surface area (Å²) < 4.78 is 0. The summed E-state index contributed by atoms with van der Waals surface area (Å²) in [4.78, 5) is 11.1. The van der Waals surface area contributed by atoms with E-state index >= 15 is 0 Å². The molecule has 2 N–H and O–H groups in total. The lowest BCUT2D eigenvalue weighted by atomic mass is 9.67. The van der Waals surface area contributed by atoms with Crippen LogP contribution in [0.3, 0.4) is 0 Å². The van der Waals surface area contributed by atoms with E-state index in [-0.39, 0.29) is 17.4 Å². The average Bonchev–Trinajstić information content (AvgIpc) is 2.44. The highest BCUT2D eigenvalue weighted by Gasteiger charge is 2.50. The Bertz CT molecular complexity index is 231. The van der Waals surface area contributed by atoms with Crippen molar-refractivity contribution < 1.29 is 15.0 Å². The van der Waals surface area contributed by atoms with Gasteiger partial charge < -0.3 is 10.2 Å². The van der Waals surface area contributed by atoms with Crippen molar-refractivity contribution in [3.8, 4) is 0 Å². The van der Waals surface area contributed by atoms with E-state index in [1.165, 1.54) is 6.42 Å². The minimum absolute atomic E-state index is 0.0660. The molecule has 0 amide bonds. The topological polar surface area (TPSA) is 57.5 Å². The second kappa shape index (κ2) is 3.54. The van der Waals surface area contributed by atoms with Crippen LogP contribution in [-0.4, -0.2) is 22.3 Å². The molecule has 0 aromatic rings. The van der Waals surface area contributed by atoms with Crippen molar-refractivity contribution in [3.63, 3.8) is 0 Å². The molecule has 2 aliphatic carbocycles. The van der Waals surface area contributed by atoms with E-state index < -0.39 is 5.97 Å². The van der Waals surface area contributed by atoms with E-state index in [1.807, 2.05) is 0 Å². The normalized spacial score (nSPS) is 36.1. The van der Waals surface area contributed by atoms with E-state index in [4.69, 9.17) is 5.11 Å². The molecule has 0 heterocycles. The number of carboxylic acid groups (broad SMARTS) is 1. The summed E-state index contributed by atoms with van der Waals surface area (Å²) in [5.74, 6) is -0.999. The fourth-order valence-electron chi connectivity index (χ4n) is 3.39. The molecule has 2 fully saturated rings. The molecule has 2 saturated carbocycles. The fraction of sp³-hybridized carbons (Fsp3) is 0.909. The quantitative estimate of drug-likeness (QED) is 0.675. The lowest BCUT2D eigenvalue weighted by Gasteiger charge is -2.36. The van der Waals surface area contributed by atoms with Gasteiger partial charge in [0.15, 0.2) is 0 Å². The van der Waals surface area contributed by atoms with Gasteiger partial charge >= 0.3 is 5.97 Å². The second-order valence-electron chi connectivity index (χ2n) is 4.91. The van der Waals surface area contributed by atoms with Gasteiger partial charge in [-0.25, -0.2) is 0 Å². The fourth-order valence-corrected chi connectivity index (χ4v) is 3.39. The van der Waals surface area contributed by atoms with Gasteiger partial charge in [0.25, 0.3) is 0 Å². The first-order valence-corrected chi connectivity index (χ1v) is 5.55. The van der Waals surface area contributed by atoms with E-state index in [9.17, 15) is 9.90 Å².